The average Bonchev–Trinajstić information content (AvgIpc) is 2.85. The standard InChI is InChI=1S/C13H17N3OS/c1-3-16(4-2)13(17)9-14-11-6-5-10-8-15-18-12(10)7-11/h5-8,14H,3-4,9H2,1-2H3. The molecule has 0 aliphatic rings. The number of amides is 1. The second-order valence-electron chi connectivity index (χ2n) is 4.00. The Morgan fingerprint density at radius 3 is 2.89 bits per heavy atom. The fourth-order valence-corrected chi connectivity index (χ4v) is 2.52. The smallest absolute Gasteiger partial charge is 0.241 e. The van der Waals surface area contributed by atoms with Gasteiger partial charge in [-0.2, -0.15) is 4.37 Å². The van der Waals surface area contributed by atoms with E-state index in [2.05, 4.69) is 9.69 Å². The molecule has 4 nitrogen and oxygen atoms in total. The molecule has 0 spiro atoms. The number of carbonyl (C=O) groups is 1. The number of carbonyl (C=O) groups excluding carboxylic acids is 1. The van der Waals surface area contributed by atoms with Crippen LogP contribution in [0.2, 0.25) is 0 Å². The molecule has 0 aliphatic carbocycles. The lowest BCUT2D eigenvalue weighted by molar-refractivity contribution is -0.128. The highest BCUT2D eigenvalue weighted by molar-refractivity contribution is 7.13. The Morgan fingerprint density at radius 2 is 2.17 bits per heavy atom. The minimum absolute atomic E-state index is 0.129. The van der Waals surface area contributed by atoms with Crippen LogP contribution >= 0.6 is 11.5 Å². The third-order valence-electron chi connectivity index (χ3n) is 2.92. The maximum absolute atomic E-state index is 11.8. The molecule has 5 heteroatoms. The molecule has 18 heavy (non-hydrogen) atoms. The minimum Gasteiger partial charge on any atom is -0.376 e. The molecule has 1 aromatic heterocycles. The predicted molar refractivity (Wildman–Crippen MR) is 76.0 cm³/mol. The molecule has 2 rings (SSSR count). The zero-order valence-corrected chi connectivity index (χ0v) is 11.5. The summed E-state index contributed by atoms with van der Waals surface area (Å²) < 4.78 is 5.27. The number of rotatable bonds is 5. The molecule has 0 fully saturated rings. The topological polar surface area (TPSA) is 45.2 Å². The van der Waals surface area contributed by atoms with Gasteiger partial charge in [-0.05, 0) is 43.6 Å². The number of anilines is 1. The summed E-state index contributed by atoms with van der Waals surface area (Å²) in [5.74, 6) is 0.129. The summed E-state index contributed by atoms with van der Waals surface area (Å²) in [6, 6.07) is 6.03. The second kappa shape index (κ2) is 5.82. The summed E-state index contributed by atoms with van der Waals surface area (Å²) in [5.41, 5.74) is 0.965. The van der Waals surface area contributed by atoms with Gasteiger partial charge in [0, 0.05) is 30.4 Å². The lowest BCUT2D eigenvalue weighted by Crippen LogP contribution is -2.35. The van der Waals surface area contributed by atoms with Crippen molar-refractivity contribution in [2.24, 2.45) is 0 Å². The molecule has 0 saturated heterocycles. The molecule has 2 aromatic rings. The highest BCUT2D eigenvalue weighted by Gasteiger charge is 2.08. The summed E-state index contributed by atoms with van der Waals surface area (Å²) in [5, 5.41) is 4.30. The Balaban J connectivity index is 1.99. The van der Waals surface area contributed by atoms with Crippen molar-refractivity contribution in [3.05, 3.63) is 24.4 Å². The van der Waals surface area contributed by atoms with Crippen molar-refractivity contribution < 1.29 is 4.79 Å². The van der Waals surface area contributed by atoms with E-state index >= 15 is 0 Å². The van der Waals surface area contributed by atoms with E-state index in [0.29, 0.717) is 6.54 Å². The monoisotopic (exact) mass is 263 g/mol. The Hall–Kier alpha value is -1.62. The van der Waals surface area contributed by atoms with E-state index in [0.717, 1.165) is 28.9 Å². The van der Waals surface area contributed by atoms with E-state index in [1.54, 1.807) is 0 Å². The summed E-state index contributed by atoms with van der Waals surface area (Å²) in [6.45, 7) is 5.83. The maximum Gasteiger partial charge on any atom is 0.241 e. The summed E-state index contributed by atoms with van der Waals surface area (Å²) in [7, 11) is 0. The van der Waals surface area contributed by atoms with Gasteiger partial charge in [-0.1, -0.05) is 0 Å². The number of aromatic nitrogens is 1. The first-order valence-corrected chi connectivity index (χ1v) is 6.88. The van der Waals surface area contributed by atoms with Crippen molar-refractivity contribution in [2.45, 2.75) is 13.8 Å². The maximum atomic E-state index is 11.8. The predicted octanol–water partition coefficient (Wildman–Crippen LogP) is 2.58. The van der Waals surface area contributed by atoms with Gasteiger partial charge in [0.1, 0.15) is 0 Å². The molecule has 1 amide bonds. The Labute approximate surface area is 111 Å². The minimum atomic E-state index is 0.129. The van der Waals surface area contributed by atoms with Crippen molar-refractivity contribution in [3.63, 3.8) is 0 Å². The van der Waals surface area contributed by atoms with Crippen LogP contribution in [0.3, 0.4) is 0 Å². The fraction of sp³-hybridized carbons (Fsp3) is 0.385. The molecule has 0 bridgehead atoms. The van der Waals surface area contributed by atoms with E-state index in [4.69, 9.17) is 0 Å². The first-order chi connectivity index (χ1) is 8.74. The van der Waals surface area contributed by atoms with Gasteiger partial charge >= 0.3 is 0 Å². The van der Waals surface area contributed by atoms with Crippen LogP contribution in [-0.4, -0.2) is 34.8 Å². The zero-order chi connectivity index (χ0) is 13.0. The number of hydrogen-bond acceptors (Lipinski definition) is 4. The third-order valence-corrected chi connectivity index (χ3v) is 3.68. The fourth-order valence-electron chi connectivity index (χ4n) is 1.84. The average molecular weight is 263 g/mol. The molecule has 1 N–H and O–H groups in total. The van der Waals surface area contributed by atoms with Gasteiger partial charge in [0.25, 0.3) is 0 Å². The van der Waals surface area contributed by atoms with Crippen LogP contribution in [0.5, 0.6) is 0 Å². The van der Waals surface area contributed by atoms with Crippen LogP contribution < -0.4 is 5.32 Å². The van der Waals surface area contributed by atoms with Gasteiger partial charge in [0.15, 0.2) is 0 Å². The van der Waals surface area contributed by atoms with Crippen molar-refractivity contribution >= 4 is 33.2 Å². The Bertz CT molecular complexity index is 534. The Morgan fingerprint density at radius 1 is 1.39 bits per heavy atom. The number of fused-ring (bicyclic) bond motifs is 1. The van der Waals surface area contributed by atoms with Gasteiger partial charge in [0.2, 0.25) is 5.91 Å². The van der Waals surface area contributed by atoms with E-state index in [1.165, 1.54) is 11.5 Å². The van der Waals surface area contributed by atoms with Crippen LogP contribution in [0.25, 0.3) is 10.1 Å². The summed E-state index contributed by atoms with van der Waals surface area (Å²) >= 11 is 1.47. The first-order valence-electron chi connectivity index (χ1n) is 6.10. The normalized spacial score (nSPS) is 10.6. The van der Waals surface area contributed by atoms with Crippen molar-refractivity contribution in [3.8, 4) is 0 Å². The van der Waals surface area contributed by atoms with Gasteiger partial charge < -0.3 is 10.2 Å². The highest BCUT2D eigenvalue weighted by Crippen LogP contribution is 2.21. The summed E-state index contributed by atoms with van der Waals surface area (Å²) in [4.78, 5) is 13.7. The van der Waals surface area contributed by atoms with E-state index in [1.807, 2.05) is 43.1 Å². The van der Waals surface area contributed by atoms with E-state index in [-0.39, 0.29) is 5.91 Å². The SMILES string of the molecule is CCN(CC)C(=O)CNc1ccc2cnsc2c1. The molecule has 0 saturated carbocycles. The van der Waals surface area contributed by atoms with Crippen LogP contribution in [0, 0.1) is 0 Å². The highest BCUT2D eigenvalue weighted by atomic mass is 32.1. The van der Waals surface area contributed by atoms with Gasteiger partial charge in [-0.25, -0.2) is 0 Å². The molecule has 0 aliphatic heterocycles. The molecular formula is C13H17N3OS. The molecule has 0 atom stereocenters. The molecule has 1 aromatic carbocycles. The van der Waals surface area contributed by atoms with Gasteiger partial charge in [0.05, 0.1) is 11.2 Å². The quantitative estimate of drug-likeness (QED) is 0.901. The Kier molecular flexibility index (Phi) is 4.15. The van der Waals surface area contributed by atoms with Gasteiger partial charge in [-0.3, -0.25) is 4.79 Å². The van der Waals surface area contributed by atoms with Crippen LogP contribution in [0.4, 0.5) is 5.69 Å². The number of benzene rings is 1. The second-order valence-corrected chi connectivity index (χ2v) is 4.83. The van der Waals surface area contributed by atoms with E-state index in [9.17, 15) is 4.79 Å². The van der Waals surface area contributed by atoms with Crippen molar-refractivity contribution in [2.75, 3.05) is 25.0 Å². The lowest BCUT2D eigenvalue weighted by atomic mass is 10.2. The molecule has 1 heterocycles. The largest absolute Gasteiger partial charge is 0.376 e. The summed E-state index contributed by atoms with van der Waals surface area (Å²) in [6.07, 6.45) is 1.85. The van der Waals surface area contributed by atoms with Crippen LogP contribution in [0.1, 0.15) is 13.8 Å². The van der Waals surface area contributed by atoms with E-state index < -0.39 is 0 Å². The van der Waals surface area contributed by atoms with Crippen LogP contribution in [-0.2, 0) is 4.79 Å². The number of nitrogens with zero attached hydrogens (tertiary/aromatic N) is 2. The number of likely N-dealkylation sites (N-methyl/N-ethyl adjacent to an activating group) is 1. The zero-order valence-electron chi connectivity index (χ0n) is 10.6. The third kappa shape index (κ3) is 2.79. The molecule has 0 radical (unpaired) electrons. The lowest BCUT2D eigenvalue weighted by Gasteiger charge is -2.19. The van der Waals surface area contributed by atoms with Crippen molar-refractivity contribution in [1.82, 2.24) is 9.27 Å². The first kappa shape index (κ1) is 12.8. The van der Waals surface area contributed by atoms with Crippen LogP contribution in [0.15, 0.2) is 24.4 Å². The molecular weight excluding hydrogens is 246 g/mol. The molecule has 0 unspecified atom stereocenters. The number of nitrogens with one attached hydrogen (secondary N) is 1. The van der Waals surface area contributed by atoms with Gasteiger partial charge in [-0.15, -0.1) is 0 Å². The number of hydrogen-bond donors (Lipinski definition) is 1. The van der Waals surface area contributed by atoms with Crippen molar-refractivity contribution in [1.29, 1.82) is 0 Å². The molecule has 96 valence electrons.